The first kappa shape index (κ1) is 111. The van der Waals surface area contributed by atoms with E-state index in [2.05, 4.69) is 600 Å². The lowest BCUT2D eigenvalue weighted by Crippen LogP contribution is -2.22. The zero-order valence-corrected chi connectivity index (χ0v) is 96.2. The second-order valence-electron chi connectivity index (χ2n) is 52.3. The lowest BCUT2D eigenvalue weighted by Gasteiger charge is -2.37. The molecule has 16 aromatic rings. The van der Waals surface area contributed by atoms with Gasteiger partial charge in [0, 0.05) is 64.6 Å². The Morgan fingerprint density at radius 2 is 0.329 bits per heavy atom. The van der Waals surface area contributed by atoms with Crippen LogP contribution in [-0.4, -0.2) is 0 Å². The van der Waals surface area contributed by atoms with Gasteiger partial charge in [-0.2, -0.15) is 0 Å². The first-order valence-corrected chi connectivity index (χ1v) is 52.8. The highest BCUT2D eigenvalue weighted by molar-refractivity contribution is 9.11. The summed E-state index contributed by atoms with van der Waals surface area (Å²) >= 11 is 7.77. The fourth-order valence-electron chi connectivity index (χ4n) is 18.6. The largest absolute Gasteiger partial charge is 0.358 e. The van der Waals surface area contributed by atoms with Crippen molar-refractivity contribution in [2.24, 2.45) is 0 Å². The number of anilines is 8. The molecule has 16 rings (SSSR count). The van der Waals surface area contributed by atoms with Gasteiger partial charge in [-0.05, 0) is 327 Å². The maximum Gasteiger partial charge on any atom is 0.0620 e. The van der Waals surface area contributed by atoms with Gasteiger partial charge in [-0.25, -0.2) is 0 Å². The predicted molar refractivity (Wildman–Crippen MR) is 643 cm³/mol. The Balaban J connectivity index is 0.000000249. The molecule has 0 bridgehead atoms. The van der Waals surface area contributed by atoms with Gasteiger partial charge in [0.2, 0.25) is 0 Å². The summed E-state index contributed by atoms with van der Waals surface area (Å²) in [7, 11) is 0. The van der Waals surface area contributed by atoms with E-state index in [4.69, 9.17) is 0 Å². The fourth-order valence-corrected chi connectivity index (χ4v) is 19.9. The van der Waals surface area contributed by atoms with E-state index in [9.17, 15) is 0 Å². The summed E-state index contributed by atoms with van der Waals surface area (Å²) in [5.41, 5.74) is 34.3. The van der Waals surface area contributed by atoms with Crippen molar-refractivity contribution in [2.45, 2.75) is 322 Å². The SMILES string of the molecule is Brc1c2ccc(-c3ccccc3)cc2c(Br)c2ccc(-c3ccccc3)cc12.C.CC(C)(C)c1cc(N(c2cc(C(C)(C)C)cc(C(C)(C)C)c2)c2c3ccc(-c4ccccc4)cc3c(N(c3cc(C(C)(C)C)cc(C(C)(C)C)c3)c3cc(C(C)(C)C)cc(C(C)(C)C)c3)c3ccc(-c4ccccc4)cc23)cc(C(C)(C)C)c1.CC(C)(C)c1cc(Nc2cc(C(C)(C)C)cc(C(C)(C)C)c2)cc(C(C)(C)C)c1.[CH3-]. The number of benzene rings is 16. The minimum Gasteiger partial charge on any atom is -0.358 e. The monoisotopic (exact) mass is 2020 g/mol. The Labute approximate surface area is 881 Å². The third-order valence-electron chi connectivity index (χ3n) is 28.2. The summed E-state index contributed by atoms with van der Waals surface area (Å²) in [5, 5.41) is 13.3. The molecule has 0 atom stereocenters. The van der Waals surface area contributed by atoms with Crippen LogP contribution in [0.4, 0.5) is 45.5 Å². The number of hydrogen-bond acceptors (Lipinski definition) is 3. The molecular formula is C138H166Br2N3-. The molecule has 5 heteroatoms. The molecule has 0 fully saturated rings. The van der Waals surface area contributed by atoms with Gasteiger partial charge in [0.1, 0.15) is 0 Å². The maximum atomic E-state index is 3.88. The topological polar surface area (TPSA) is 18.5 Å². The van der Waals surface area contributed by atoms with Crippen LogP contribution in [-0.2, 0) is 65.0 Å². The van der Waals surface area contributed by atoms with E-state index in [1.165, 1.54) is 166 Å². The van der Waals surface area contributed by atoms with Crippen LogP contribution in [0.3, 0.4) is 0 Å². The Bertz CT molecular complexity index is 6480. The lowest BCUT2D eigenvalue weighted by atomic mass is 9.79. The zero-order chi connectivity index (χ0) is 103. The number of fused-ring (bicyclic) bond motifs is 4. The molecule has 0 aliphatic carbocycles. The second kappa shape index (κ2) is 41.1. The zero-order valence-electron chi connectivity index (χ0n) is 93.0. The molecule has 0 saturated heterocycles. The van der Waals surface area contributed by atoms with Crippen molar-refractivity contribution in [3.05, 3.63) is 386 Å². The average molecular weight is 2030 g/mol. The molecule has 0 heterocycles. The Kier molecular flexibility index (Phi) is 31.8. The molecular weight excluding hydrogens is 1860 g/mol. The first-order chi connectivity index (χ1) is 65.3. The standard InChI is InChI=1S/C82H100N2.C28H43N.C26H16Br2.CH4.CH3/c1-75(2,3)57-41-58(76(4,5)6)46-65(45-57)83(66-47-59(77(7,8)9)42-60(48-66)78(10,11)12)73-69-37-35-56(54-33-29-26-30-34-54)40-72(69)74(70-38-36-55(39-71(70)73)53-31-27-25-28-32-53)84(67-49-61(79(13,14)15)43-62(50-67)80(16,17)18)68-51-63(81(19,20)21)44-64(52-68)82(22,23)24;1-25(2,3)19-13-20(26(4,5)6)16-23(15-19)29-24-17-21(27(7,8)9)14-22(18-24)28(10,11)12;27-25-22-14-12-20(18-9-5-2-6-10-18)16-24(22)26(28)21-13-11-19(15-23(21)25)17-7-3-1-4-8-17;;/h25-52H,1-24H3;13-18,29H,1-12H3;1-16H;1H4;1H3/q;;;;-1. The van der Waals surface area contributed by atoms with E-state index in [0.29, 0.717) is 0 Å². The van der Waals surface area contributed by atoms with E-state index < -0.39 is 0 Å². The predicted octanol–water partition coefficient (Wildman–Crippen LogP) is 43.2. The highest BCUT2D eigenvalue weighted by atomic mass is 79.9. The van der Waals surface area contributed by atoms with E-state index in [0.717, 1.165) is 43.1 Å². The summed E-state index contributed by atoms with van der Waals surface area (Å²) in [6, 6.07) is 115. The van der Waals surface area contributed by atoms with Crippen LogP contribution in [0.25, 0.3) is 87.6 Å². The minimum absolute atomic E-state index is 0. The van der Waals surface area contributed by atoms with Gasteiger partial charge in [-0.1, -0.05) is 463 Å². The van der Waals surface area contributed by atoms with Gasteiger partial charge in [0.15, 0.2) is 0 Å². The molecule has 0 aliphatic heterocycles. The molecule has 0 saturated carbocycles. The highest BCUT2D eigenvalue weighted by Gasteiger charge is 2.36. The Hall–Kier alpha value is -11.1. The van der Waals surface area contributed by atoms with Crippen molar-refractivity contribution in [1.82, 2.24) is 0 Å². The summed E-state index contributed by atoms with van der Waals surface area (Å²) < 4.78 is 2.27. The summed E-state index contributed by atoms with van der Waals surface area (Å²) in [6.45, 7) is 84.3. The van der Waals surface area contributed by atoms with Gasteiger partial charge in [0.05, 0.1) is 11.4 Å². The van der Waals surface area contributed by atoms with Crippen LogP contribution in [0.2, 0.25) is 0 Å². The van der Waals surface area contributed by atoms with Crippen LogP contribution in [0.1, 0.15) is 323 Å². The fraction of sp³-hybridized carbons (Fsp3) is 0.355. The first-order valence-electron chi connectivity index (χ1n) is 51.2. The van der Waals surface area contributed by atoms with Crippen molar-refractivity contribution in [2.75, 3.05) is 15.1 Å². The van der Waals surface area contributed by atoms with Crippen LogP contribution in [0.15, 0.2) is 312 Å². The summed E-state index contributed by atoms with van der Waals surface area (Å²) in [6.07, 6.45) is 0. The Morgan fingerprint density at radius 3 is 0.503 bits per heavy atom. The molecule has 0 aromatic heterocycles. The maximum absolute atomic E-state index is 3.88. The Morgan fingerprint density at radius 1 is 0.168 bits per heavy atom. The van der Waals surface area contributed by atoms with Gasteiger partial charge in [-0.15, -0.1) is 0 Å². The van der Waals surface area contributed by atoms with Crippen molar-refractivity contribution in [3.63, 3.8) is 0 Å². The van der Waals surface area contributed by atoms with Crippen LogP contribution in [0, 0.1) is 7.43 Å². The molecule has 0 unspecified atom stereocenters. The molecule has 16 aromatic carbocycles. The van der Waals surface area contributed by atoms with Crippen LogP contribution in [0.5, 0.6) is 0 Å². The molecule has 3 nitrogen and oxygen atoms in total. The summed E-state index contributed by atoms with van der Waals surface area (Å²) in [4.78, 5) is 5.36. The normalized spacial score (nSPS) is 12.7. The molecule has 0 aliphatic rings. The van der Waals surface area contributed by atoms with Gasteiger partial charge >= 0.3 is 0 Å². The molecule has 143 heavy (non-hydrogen) atoms. The number of halogens is 2. The quantitative estimate of drug-likeness (QED) is 0.0747. The van der Waals surface area contributed by atoms with Gasteiger partial charge in [0.25, 0.3) is 0 Å². The minimum atomic E-state index is -0.133. The number of nitrogens with zero attached hydrogens (tertiary/aromatic N) is 2. The van der Waals surface area contributed by atoms with E-state index in [1.807, 2.05) is 0 Å². The number of nitrogens with one attached hydrogen (secondary N) is 1. The molecule has 0 spiro atoms. The smallest absolute Gasteiger partial charge is 0.0620 e. The molecule has 748 valence electrons. The van der Waals surface area contributed by atoms with Gasteiger partial charge in [-0.3, -0.25) is 0 Å². The van der Waals surface area contributed by atoms with E-state index in [-0.39, 0.29) is 79.8 Å². The van der Waals surface area contributed by atoms with E-state index >= 15 is 0 Å². The van der Waals surface area contributed by atoms with Gasteiger partial charge < -0.3 is 22.5 Å². The third-order valence-corrected chi connectivity index (χ3v) is 29.9. The van der Waals surface area contributed by atoms with Crippen LogP contribution >= 0.6 is 31.9 Å². The molecule has 0 radical (unpaired) electrons. The van der Waals surface area contributed by atoms with Crippen LogP contribution < -0.4 is 15.1 Å². The van der Waals surface area contributed by atoms with Crippen molar-refractivity contribution in [1.29, 1.82) is 0 Å². The average Bonchev–Trinajstić information content (AvgIpc) is 0.708. The molecule has 1 N–H and O–H groups in total. The third kappa shape index (κ3) is 25.4. The van der Waals surface area contributed by atoms with Crippen molar-refractivity contribution in [3.8, 4) is 44.5 Å². The number of rotatable bonds is 12. The lowest BCUT2D eigenvalue weighted by molar-refractivity contribution is 0.567. The highest BCUT2D eigenvalue weighted by Crippen LogP contribution is 2.57. The second-order valence-corrected chi connectivity index (χ2v) is 53.9. The summed E-state index contributed by atoms with van der Waals surface area (Å²) in [5.74, 6) is 0. The molecule has 0 amide bonds. The van der Waals surface area contributed by atoms with E-state index in [1.54, 1.807) is 0 Å². The number of hydrogen-bond donors (Lipinski definition) is 1. The van der Waals surface area contributed by atoms with Crippen molar-refractivity contribution >= 4 is 120 Å². The van der Waals surface area contributed by atoms with Crippen molar-refractivity contribution < 1.29 is 0 Å².